The van der Waals surface area contributed by atoms with Crippen LogP contribution in [0, 0.1) is 11.8 Å². The van der Waals surface area contributed by atoms with Gasteiger partial charge in [0.25, 0.3) is 0 Å². The summed E-state index contributed by atoms with van der Waals surface area (Å²) in [6, 6.07) is 8.86. The summed E-state index contributed by atoms with van der Waals surface area (Å²) in [7, 11) is -1.32. The number of H-pyrrole nitrogens is 2. The summed E-state index contributed by atoms with van der Waals surface area (Å²) < 4.78 is 43.6. The lowest BCUT2D eigenvalue weighted by Crippen LogP contribution is -2.51. The third-order valence-electron chi connectivity index (χ3n) is 10.5. The number of rotatable bonds is 15. The monoisotopic (exact) mass is 804 g/mol. The number of unbranched alkanes of at least 4 members (excludes halogenated alkanes) is 1. The maximum absolute atomic E-state index is 14.0. The Labute approximate surface area is 332 Å². The Morgan fingerprint density at radius 1 is 0.877 bits per heavy atom. The van der Waals surface area contributed by atoms with Gasteiger partial charge in [0.2, 0.25) is 15.7 Å². The molecule has 0 radical (unpaired) electrons. The van der Waals surface area contributed by atoms with E-state index in [1.807, 2.05) is 27.7 Å². The number of hydrogen-bond acceptors (Lipinski definition) is 11. The van der Waals surface area contributed by atoms with Crippen molar-refractivity contribution in [2.75, 3.05) is 33.9 Å². The number of ether oxygens (including phenoxy) is 3. The molecule has 1 saturated heterocycles. The van der Waals surface area contributed by atoms with E-state index in [0.717, 1.165) is 49.3 Å². The third-order valence-corrected chi connectivity index (χ3v) is 12.3. The highest BCUT2D eigenvalue weighted by atomic mass is 32.2. The molecule has 2 aromatic carbocycles. The average Bonchev–Trinajstić information content (AvgIpc) is 3.99. The Kier molecular flexibility index (Phi) is 12.9. The smallest absolute Gasteiger partial charge is 0.407 e. The second kappa shape index (κ2) is 17.8. The third kappa shape index (κ3) is 9.25. The number of fused-ring (bicyclic) bond motifs is 2. The molecule has 6 rings (SSSR count). The average molecular weight is 805 g/mol. The van der Waals surface area contributed by atoms with Crippen LogP contribution in [0.3, 0.4) is 0 Å². The maximum atomic E-state index is 14.0. The lowest BCUT2D eigenvalue weighted by Gasteiger charge is -2.30. The van der Waals surface area contributed by atoms with Crippen molar-refractivity contribution >= 4 is 27.9 Å². The van der Waals surface area contributed by atoms with Gasteiger partial charge in [-0.2, -0.15) is 0 Å². The molecule has 57 heavy (non-hydrogen) atoms. The standard InChI is InChI=1S/C40H52N8O8S/c1-23(2)27(46-39(50)54-5)20-41-16-8-7-11-35-42-21-28(44-35)25-13-15-33-32(18-25)56-31-14-12-26(19-34(31)57(33,52)53)29-22-43-37(45-29)30-10-9-17-48(30)38(49)36(24(3)4)47-40(51)55-6/h12-15,18-19,21-24,27,30,36,41H,7-11,16-17,20H2,1-6H3,(H,42,44)(H,43,45)(H,46,50)(H,47,51). The number of aryl methyl sites for hydroxylation is 1. The van der Waals surface area contributed by atoms with Crippen LogP contribution < -0.4 is 20.7 Å². The molecule has 0 aliphatic carbocycles. The van der Waals surface area contributed by atoms with E-state index in [2.05, 4.69) is 35.9 Å². The molecule has 17 heteroatoms. The van der Waals surface area contributed by atoms with Crippen molar-refractivity contribution in [2.24, 2.45) is 11.8 Å². The number of nitrogens with zero attached hydrogens (tertiary/aromatic N) is 3. The number of nitrogens with one attached hydrogen (secondary N) is 5. The number of benzene rings is 2. The largest absolute Gasteiger partial charge is 0.455 e. The summed E-state index contributed by atoms with van der Waals surface area (Å²) in [4.78, 5) is 54.8. The number of likely N-dealkylation sites (tertiary alicyclic amines) is 1. The lowest BCUT2D eigenvalue weighted by molar-refractivity contribution is -0.135. The Balaban J connectivity index is 1.09. The highest BCUT2D eigenvalue weighted by Crippen LogP contribution is 2.45. The van der Waals surface area contributed by atoms with Gasteiger partial charge in [0.05, 0.1) is 44.0 Å². The summed E-state index contributed by atoms with van der Waals surface area (Å²) in [6.07, 6.45) is 6.27. The number of alkyl carbamates (subject to hydrolysis) is 2. The molecule has 4 heterocycles. The van der Waals surface area contributed by atoms with Crippen LogP contribution in [0.4, 0.5) is 9.59 Å². The number of sulfone groups is 1. The van der Waals surface area contributed by atoms with E-state index in [1.54, 1.807) is 53.7 Å². The molecule has 5 N–H and O–H groups in total. The molecule has 3 atom stereocenters. The van der Waals surface area contributed by atoms with Crippen molar-refractivity contribution in [1.29, 1.82) is 0 Å². The second-order valence-corrected chi connectivity index (χ2v) is 16.9. The fraction of sp³-hybridized carbons (Fsp3) is 0.475. The first-order valence-electron chi connectivity index (χ1n) is 19.3. The van der Waals surface area contributed by atoms with Gasteiger partial charge in [-0.1, -0.05) is 33.8 Å². The van der Waals surface area contributed by atoms with Gasteiger partial charge in [0, 0.05) is 36.7 Å². The predicted octanol–water partition coefficient (Wildman–Crippen LogP) is 5.74. The van der Waals surface area contributed by atoms with Crippen LogP contribution in [0.5, 0.6) is 11.5 Å². The molecular formula is C40H52N8O8S. The highest BCUT2D eigenvalue weighted by molar-refractivity contribution is 7.91. The molecule has 0 saturated carbocycles. The van der Waals surface area contributed by atoms with Crippen LogP contribution >= 0.6 is 0 Å². The Hall–Kier alpha value is -5.42. The number of hydrogen-bond donors (Lipinski definition) is 5. The number of amides is 3. The van der Waals surface area contributed by atoms with Crippen molar-refractivity contribution in [3.05, 3.63) is 60.4 Å². The van der Waals surface area contributed by atoms with E-state index in [-0.39, 0.29) is 51.1 Å². The van der Waals surface area contributed by atoms with Gasteiger partial charge in [-0.25, -0.2) is 28.0 Å². The quantitative estimate of drug-likeness (QED) is 0.0806. The summed E-state index contributed by atoms with van der Waals surface area (Å²) in [5, 5.41) is 8.91. The van der Waals surface area contributed by atoms with Gasteiger partial charge in [-0.15, -0.1) is 0 Å². The molecule has 306 valence electrons. The number of carbonyl (C=O) groups is 3. The minimum Gasteiger partial charge on any atom is -0.455 e. The summed E-state index contributed by atoms with van der Waals surface area (Å²) in [5.74, 6) is 1.73. The topological polar surface area (TPSA) is 210 Å². The van der Waals surface area contributed by atoms with Crippen LogP contribution in [0.2, 0.25) is 0 Å². The van der Waals surface area contributed by atoms with E-state index in [0.29, 0.717) is 36.6 Å². The number of carbonyl (C=O) groups excluding carboxylic acids is 3. The zero-order chi connectivity index (χ0) is 40.9. The van der Waals surface area contributed by atoms with E-state index >= 15 is 0 Å². The molecule has 0 bridgehead atoms. The van der Waals surface area contributed by atoms with Gasteiger partial charge < -0.3 is 45.0 Å². The van der Waals surface area contributed by atoms with Gasteiger partial charge in [-0.3, -0.25) is 4.79 Å². The molecule has 16 nitrogen and oxygen atoms in total. The Morgan fingerprint density at radius 3 is 2.32 bits per heavy atom. The summed E-state index contributed by atoms with van der Waals surface area (Å²) >= 11 is 0. The minimum atomic E-state index is -3.94. The van der Waals surface area contributed by atoms with Crippen LogP contribution in [0.25, 0.3) is 22.5 Å². The predicted molar refractivity (Wildman–Crippen MR) is 211 cm³/mol. The van der Waals surface area contributed by atoms with Crippen molar-refractivity contribution in [3.8, 4) is 34.0 Å². The number of aromatic amines is 2. The van der Waals surface area contributed by atoms with Crippen LogP contribution in [-0.2, 0) is 30.5 Å². The summed E-state index contributed by atoms with van der Waals surface area (Å²) in [5.41, 5.74) is 2.68. The minimum absolute atomic E-state index is 0.0271. The first-order valence-corrected chi connectivity index (χ1v) is 20.8. The van der Waals surface area contributed by atoms with Gasteiger partial charge in [0.1, 0.15) is 39.0 Å². The molecule has 4 aromatic rings. The van der Waals surface area contributed by atoms with Crippen molar-refractivity contribution in [1.82, 2.24) is 40.8 Å². The van der Waals surface area contributed by atoms with Crippen molar-refractivity contribution in [2.45, 2.75) is 87.7 Å². The summed E-state index contributed by atoms with van der Waals surface area (Å²) in [6.45, 7) is 9.77. The number of methoxy groups -OCH3 is 2. The fourth-order valence-corrected chi connectivity index (χ4v) is 8.64. The van der Waals surface area contributed by atoms with Gasteiger partial charge in [-0.05, 0) is 74.4 Å². The number of aromatic nitrogens is 4. The second-order valence-electron chi connectivity index (χ2n) is 15.0. The molecular weight excluding hydrogens is 753 g/mol. The first kappa shape index (κ1) is 41.2. The Bertz CT molecular complexity index is 2180. The normalized spacial score (nSPS) is 16.7. The first-order chi connectivity index (χ1) is 27.3. The SMILES string of the molecule is COC(=O)NC(CNCCCCc1ncc(-c2ccc3c(c2)Oc2ccc(-c4cnc(C5CCCN5C(=O)C(NC(=O)OC)C(C)C)[nH]4)cc2S3(=O)=O)[nH]1)C(C)C. The van der Waals surface area contributed by atoms with E-state index < -0.39 is 28.1 Å². The zero-order valence-corrected chi connectivity index (χ0v) is 34.0. The zero-order valence-electron chi connectivity index (χ0n) is 33.2. The van der Waals surface area contributed by atoms with E-state index in [1.165, 1.54) is 14.2 Å². The molecule has 2 aliphatic rings. The molecule has 1 fully saturated rings. The number of imidazole rings is 2. The fourth-order valence-electron chi connectivity index (χ4n) is 7.13. The van der Waals surface area contributed by atoms with Crippen LogP contribution in [0.15, 0.2) is 58.6 Å². The lowest BCUT2D eigenvalue weighted by atomic mass is 10.0. The molecule has 2 aromatic heterocycles. The van der Waals surface area contributed by atoms with Gasteiger partial charge in [0.15, 0.2) is 0 Å². The molecule has 2 aliphatic heterocycles. The van der Waals surface area contributed by atoms with E-state index in [9.17, 15) is 22.8 Å². The molecule has 0 spiro atoms. The van der Waals surface area contributed by atoms with Crippen LogP contribution in [0.1, 0.15) is 71.1 Å². The highest BCUT2D eigenvalue weighted by Gasteiger charge is 2.38. The Morgan fingerprint density at radius 2 is 1.58 bits per heavy atom. The molecule has 3 unspecified atom stereocenters. The van der Waals surface area contributed by atoms with Gasteiger partial charge >= 0.3 is 12.2 Å². The van der Waals surface area contributed by atoms with E-state index in [4.69, 9.17) is 14.2 Å². The van der Waals surface area contributed by atoms with Crippen LogP contribution in [-0.4, -0.2) is 97.3 Å². The molecule has 3 amide bonds. The van der Waals surface area contributed by atoms with Crippen molar-refractivity contribution < 1.29 is 37.0 Å². The van der Waals surface area contributed by atoms with Crippen molar-refractivity contribution in [3.63, 3.8) is 0 Å². The maximum Gasteiger partial charge on any atom is 0.407 e.